The first-order valence-corrected chi connectivity index (χ1v) is 13.6. The Labute approximate surface area is 245 Å². The number of rotatable bonds is 4. The summed E-state index contributed by atoms with van der Waals surface area (Å²) in [4.78, 5) is 35.5. The number of fused-ring (bicyclic) bond motifs is 4. The van der Waals surface area contributed by atoms with E-state index < -0.39 is 24.0 Å². The van der Waals surface area contributed by atoms with Crippen molar-refractivity contribution in [2.24, 2.45) is 18.7 Å². The van der Waals surface area contributed by atoms with E-state index in [1.54, 1.807) is 49.1 Å². The Balaban J connectivity index is 1.60. The van der Waals surface area contributed by atoms with Gasteiger partial charge in [-0.3, -0.25) is 23.8 Å². The topological polar surface area (TPSA) is 133 Å². The molecule has 1 aliphatic heterocycles. The fourth-order valence-corrected chi connectivity index (χ4v) is 5.08. The number of aromatic nitrogens is 5. The molecule has 41 heavy (non-hydrogen) atoms. The normalized spacial score (nSPS) is 19.5. The van der Waals surface area contributed by atoms with Gasteiger partial charge in [0.1, 0.15) is 11.3 Å². The molecule has 1 aliphatic rings. The Hall–Kier alpha value is -4.22. The zero-order chi connectivity index (χ0) is 29.3. The van der Waals surface area contributed by atoms with Gasteiger partial charge in [0.05, 0.1) is 47.3 Å². The number of pyridine rings is 1. The molecular weight excluding hydrogens is 570 g/mol. The van der Waals surface area contributed by atoms with Crippen molar-refractivity contribution < 1.29 is 9.18 Å². The Morgan fingerprint density at radius 1 is 1.20 bits per heavy atom. The summed E-state index contributed by atoms with van der Waals surface area (Å²) < 4.78 is 18.4. The van der Waals surface area contributed by atoms with Gasteiger partial charge in [-0.2, -0.15) is 5.10 Å². The average molecular weight is 597 g/mol. The van der Waals surface area contributed by atoms with E-state index in [-0.39, 0.29) is 23.6 Å². The van der Waals surface area contributed by atoms with E-state index in [0.29, 0.717) is 39.0 Å². The molecule has 3 atom stereocenters. The van der Waals surface area contributed by atoms with Crippen molar-refractivity contribution in [3.05, 3.63) is 87.5 Å². The lowest BCUT2D eigenvalue weighted by Gasteiger charge is -2.24. The van der Waals surface area contributed by atoms with Gasteiger partial charge in [0, 0.05) is 47.3 Å². The van der Waals surface area contributed by atoms with Gasteiger partial charge >= 0.3 is 0 Å². The number of anilines is 2. The number of hydrogen-bond acceptors (Lipinski definition) is 7. The SMILES string of the molecule is C[C@H]1C(=O)Nc2cnn(C)c2-c2ccnc(c2)C(n2cnc(-c3cc(Cl)ccc3N/C=C(\N)Cl)cc2=O)CCC1F. The van der Waals surface area contributed by atoms with E-state index in [1.165, 1.54) is 29.4 Å². The van der Waals surface area contributed by atoms with Gasteiger partial charge in [0.25, 0.3) is 5.56 Å². The molecule has 3 aromatic heterocycles. The fourth-order valence-electron chi connectivity index (χ4n) is 4.85. The number of carbonyl (C=O) groups is 1. The summed E-state index contributed by atoms with van der Waals surface area (Å²) in [5, 5.41) is 10.6. The number of hydrogen-bond donors (Lipinski definition) is 3. The highest BCUT2D eigenvalue weighted by Crippen LogP contribution is 2.34. The van der Waals surface area contributed by atoms with Gasteiger partial charge in [0.2, 0.25) is 5.91 Å². The van der Waals surface area contributed by atoms with Crippen molar-refractivity contribution in [1.29, 1.82) is 0 Å². The maximum Gasteiger partial charge on any atom is 0.254 e. The standard InChI is InChI=1S/C28H27Cl2FN8O2/c1-15-19(31)4-6-24(22-9-16(7-8-33-22)27-23(37-28(15)41)12-36-38(27)2)39-14-35-21(11-26(39)40)18-10-17(29)3-5-20(18)34-13-25(30)32/h3,5,7-15,19,24,34H,4,6,32H2,1-2H3,(H,37,41)/b25-13-/t15-,19?,24?/m1/s1. The first-order chi connectivity index (χ1) is 19.6. The first-order valence-electron chi connectivity index (χ1n) is 12.8. The molecule has 5 rings (SSSR count). The van der Waals surface area contributed by atoms with Crippen LogP contribution in [0.3, 0.4) is 0 Å². The van der Waals surface area contributed by atoms with Gasteiger partial charge in [-0.1, -0.05) is 30.1 Å². The van der Waals surface area contributed by atoms with Gasteiger partial charge in [-0.25, -0.2) is 9.37 Å². The molecule has 0 saturated heterocycles. The van der Waals surface area contributed by atoms with Crippen LogP contribution in [-0.4, -0.2) is 36.4 Å². The van der Waals surface area contributed by atoms with Crippen LogP contribution in [0.1, 0.15) is 31.5 Å². The van der Waals surface area contributed by atoms with E-state index >= 15 is 4.39 Å². The van der Waals surface area contributed by atoms with Crippen LogP contribution in [0.4, 0.5) is 15.8 Å². The molecule has 212 valence electrons. The second-order valence-corrected chi connectivity index (χ2v) is 10.6. The zero-order valence-electron chi connectivity index (χ0n) is 22.2. The monoisotopic (exact) mass is 596 g/mol. The smallest absolute Gasteiger partial charge is 0.254 e. The van der Waals surface area contributed by atoms with E-state index in [4.69, 9.17) is 28.9 Å². The van der Waals surface area contributed by atoms with Crippen molar-refractivity contribution in [2.45, 2.75) is 32.0 Å². The minimum absolute atomic E-state index is 0.0216. The molecule has 0 spiro atoms. The van der Waals surface area contributed by atoms with Crippen LogP contribution < -0.4 is 21.9 Å². The number of halogens is 3. The largest absolute Gasteiger partial charge is 0.388 e. The maximum absolute atomic E-state index is 15.3. The molecular formula is C28H27Cl2FN8O2. The maximum atomic E-state index is 15.3. The summed E-state index contributed by atoms with van der Waals surface area (Å²) in [5.41, 5.74) is 9.05. The summed E-state index contributed by atoms with van der Waals surface area (Å²) in [6, 6.07) is 9.41. The average Bonchev–Trinajstić information content (AvgIpc) is 3.31. The van der Waals surface area contributed by atoms with E-state index in [1.807, 2.05) is 6.07 Å². The summed E-state index contributed by atoms with van der Waals surface area (Å²) in [6.45, 7) is 1.54. The molecule has 1 aromatic carbocycles. The molecule has 0 aliphatic carbocycles. The zero-order valence-corrected chi connectivity index (χ0v) is 23.7. The molecule has 10 nitrogen and oxygen atoms in total. The number of nitrogens with two attached hydrogens (primary N) is 1. The number of aryl methyl sites for hydroxylation is 1. The lowest BCUT2D eigenvalue weighted by Crippen LogP contribution is -2.31. The Morgan fingerprint density at radius 2 is 2.00 bits per heavy atom. The van der Waals surface area contributed by atoms with Crippen LogP contribution in [0.2, 0.25) is 5.02 Å². The molecule has 13 heteroatoms. The lowest BCUT2D eigenvalue weighted by molar-refractivity contribution is -0.121. The Morgan fingerprint density at radius 3 is 2.76 bits per heavy atom. The first kappa shape index (κ1) is 28.3. The second-order valence-electron chi connectivity index (χ2n) is 9.77. The number of carbonyl (C=O) groups excluding carboxylic acids is 1. The third-order valence-corrected chi connectivity index (χ3v) is 7.40. The van der Waals surface area contributed by atoms with E-state index in [0.717, 1.165) is 5.56 Å². The van der Waals surface area contributed by atoms with Crippen molar-refractivity contribution in [2.75, 3.05) is 10.6 Å². The number of benzene rings is 1. The number of nitrogens with one attached hydrogen (secondary N) is 2. The number of alkyl halides is 1. The Kier molecular flexibility index (Phi) is 8.09. The lowest BCUT2D eigenvalue weighted by atomic mass is 9.95. The molecule has 1 amide bonds. The second kappa shape index (κ2) is 11.7. The van der Waals surface area contributed by atoms with Crippen molar-refractivity contribution in [3.63, 3.8) is 0 Å². The van der Waals surface area contributed by atoms with E-state index in [9.17, 15) is 9.59 Å². The highest BCUT2D eigenvalue weighted by molar-refractivity contribution is 6.31. The summed E-state index contributed by atoms with van der Waals surface area (Å²) in [5.74, 6) is -1.37. The highest BCUT2D eigenvalue weighted by Gasteiger charge is 2.29. The van der Waals surface area contributed by atoms with Crippen LogP contribution >= 0.6 is 23.2 Å². The minimum Gasteiger partial charge on any atom is -0.388 e. The quantitative estimate of drug-likeness (QED) is 0.280. The van der Waals surface area contributed by atoms with Crippen LogP contribution in [-0.2, 0) is 11.8 Å². The summed E-state index contributed by atoms with van der Waals surface area (Å²) in [6.07, 6.45) is 4.74. The molecule has 0 fully saturated rings. The number of nitrogens with zero attached hydrogens (tertiary/aromatic N) is 5. The molecule has 4 N–H and O–H groups in total. The van der Waals surface area contributed by atoms with E-state index in [2.05, 4.69) is 25.7 Å². The molecule has 4 aromatic rings. The predicted molar refractivity (Wildman–Crippen MR) is 157 cm³/mol. The summed E-state index contributed by atoms with van der Waals surface area (Å²) in [7, 11) is 1.75. The van der Waals surface area contributed by atoms with Gasteiger partial charge in [-0.05, 0) is 43.2 Å². The van der Waals surface area contributed by atoms with Crippen LogP contribution in [0, 0.1) is 5.92 Å². The number of amides is 1. The third-order valence-electron chi connectivity index (χ3n) is 7.06. The van der Waals surface area contributed by atoms with Gasteiger partial charge in [0.15, 0.2) is 0 Å². The molecule has 4 heterocycles. The Bertz CT molecular complexity index is 1700. The van der Waals surface area contributed by atoms with Crippen LogP contribution in [0.25, 0.3) is 22.5 Å². The molecule has 0 saturated carbocycles. The van der Waals surface area contributed by atoms with Crippen molar-refractivity contribution in [1.82, 2.24) is 24.3 Å². The minimum atomic E-state index is -1.45. The van der Waals surface area contributed by atoms with Crippen molar-refractivity contribution >= 4 is 40.5 Å². The predicted octanol–water partition coefficient (Wildman–Crippen LogP) is 5.06. The summed E-state index contributed by atoms with van der Waals surface area (Å²) >= 11 is 12.0. The van der Waals surface area contributed by atoms with Crippen molar-refractivity contribution in [3.8, 4) is 22.5 Å². The molecule has 0 radical (unpaired) electrons. The van der Waals surface area contributed by atoms with Crippen LogP contribution in [0.15, 0.2) is 71.3 Å². The third kappa shape index (κ3) is 5.96. The van der Waals surface area contributed by atoms with Gasteiger partial charge < -0.3 is 16.4 Å². The highest BCUT2D eigenvalue weighted by atomic mass is 35.5. The van der Waals surface area contributed by atoms with Gasteiger partial charge in [-0.15, -0.1) is 0 Å². The molecule has 2 unspecified atom stereocenters. The van der Waals surface area contributed by atoms with Crippen LogP contribution in [0.5, 0.6) is 0 Å². The fraction of sp³-hybridized carbons (Fsp3) is 0.250. The molecule has 2 bridgehead atoms.